The molecule has 0 saturated heterocycles. The van der Waals surface area contributed by atoms with E-state index < -0.39 is 0 Å². The molecule has 0 saturated carbocycles. The van der Waals surface area contributed by atoms with Crippen molar-refractivity contribution < 1.29 is 4.92 Å². The highest BCUT2D eigenvalue weighted by atomic mass is 32.1. The molecular weight excluding hydrogens is 242 g/mol. The molecule has 2 heterocycles. The number of thiophene rings is 1. The predicted octanol–water partition coefficient (Wildman–Crippen LogP) is 1.63. The van der Waals surface area contributed by atoms with Crippen molar-refractivity contribution in [3.63, 3.8) is 0 Å². The molecule has 2 aromatic heterocycles. The quantitative estimate of drug-likeness (QED) is 0.623. The van der Waals surface area contributed by atoms with Gasteiger partial charge in [0.1, 0.15) is 12.2 Å². The number of hydrogen-bond acceptors (Lipinski definition) is 6. The molecule has 17 heavy (non-hydrogen) atoms. The molecule has 0 radical (unpaired) electrons. The van der Waals surface area contributed by atoms with Gasteiger partial charge in [0.2, 0.25) is 0 Å². The van der Waals surface area contributed by atoms with Crippen LogP contribution in [0.25, 0.3) is 0 Å². The number of aromatic amines is 1. The van der Waals surface area contributed by atoms with Gasteiger partial charge in [0.25, 0.3) is 0 Å². The molecule has 0 aliphatic rings. The monoisotopic (exact) mass is 253 g/mol. The lowest BCUT2D eigenvalue weighted by atomic mass is 10.3. The topological polar surface area (TPSA) is 96.7 Å². The van der Waals surface area contributed by atoms with Gasteiger partial charge in [-0.15, -0.1) is 0 Å². The van der Waals surface area contributed by atoms with Crippen LogP contribution in [0.5, 0.6) is 0 Å². The summed E-state index contributed by atoms with van der Waals surface area (Å²) in [6, 6.07) is 3.29. The molecule has 0 fully saturated rings. The molecule has 2 aromatic rings. The number of nitrogens with one attached hydrogen (secondary N) is 2. The summed E-state index contributed by atoms with van der Waals surface area (Å²) in [5.74, 6) is 0.746. The molecule has 2 N–H and O–H groups in total. The first-order valence-electron chi connectivity index (χ1n) is 4.98. The van der Waals surface area contributed by atoms with E-state index >= 15 is 0 Å². The van der Waals surface area contributed by atoms with Crippen LogP contribution in [0.1, 0.15) is 23.7 Å². The first-order valence-corrected chi connectivity index (χ1v) is 5.80. The fourth-order valence-electron chi connectivity index (χ4n) is 1.33. The summed E-state index contributed by atoms with van der Waals surface area (Å²) in [7, 11) is 0. The third kappa shape index (κ3) is 2.86. The zero-order valence-corrected chi connectivity index (χ0v) is 9.90. The third-order valence-electron chi connectivity index (χ3n) is 2.25. The van der Waals surface area contributed by atoms with Crippen molar-refractivity contribution in [2.24, 2.45) is 0 Å². The van der Waals surface area contributed by atoms with E-state index in [-0.39, 0.29) is 16.0 Å². The highest BCUT2D eigenvalue weighted by Crippen LogP contribution is 2.24. The summed E-state index contributed by atoms with van der Waals surface area (Å²) in [6.45, 7) is 2.52. The highest BCUT2D eigenvalue weighted by molar-refractivity contribution is 7.15. The zero-order chi connectivity index (χ0) is 12.3. The first-order chi connectivity index (χ1) is 8.16. The van der Waals surface area contributed by atoms with E-state index in [4.69, 9.17) is 0 Å². The van der Waals surface area contributed by atoms with Crippen molar-refractivity contribution in [3.8, 4) is 0 Å². The number of rotatable bonds is 5. The van der Waals surface area contributed by atoms with Crippen LogP contribution in [0.2, 0.25) is 0 Å². The minimum absolute atomic E-state index is 0.0265. The summed E-state index contributed by atoms with van der Waals surface area (Å²) >= 11 is 1.17. The Morgan fingerprint density at radius 3 is 3.06 bits per heavy atom. The van der Waals surface area contributed by atoms with Crippen molar-refractivity contribution in [2.45, 2.75) is 19.5 Å². The van der Waals surface area contributed by atoms with Crippen LogP contribution >= 0.6 is 11.3 Å². The third-order valence-corrected chi connectivity index (χ3v) is 3.29. The van der Waals surface area contributed by atoms with Gasteiger partial charge in [0, 0.05) is 17.5 Å². The molecule has 0 aromatic carbocycles. The van der Waals surface area contributed by atoms with Gasteiger partial charge in [-0.1, -0.05) is 11.3 Å². The van der Waals surface area contributed by atoms with Crippen LogP contribution in [0.15, 0.2) is 18.5 Å². The fourth-order valence-corrected chi connectivity index (χ4v) is 2.10. The molecule has 1 atom stereocenters. The van der Waals surface area contributed by atoms with Crippen LogP contribution in [-0.4, -0.2) is 20.1 Å². The number of aromatic nitrogens is 3. The van der Waals surface area contributed by atoms with Crippen LogP contribution < -0.4 is 5.32 Å². The summed E-state index contributed by atoms with van der Waals surface area (Å²) in [4.78, 5) is 15.1. The Labute approximate surface area is 101 Å². The van der Waals surface area contributed by atoms with Gasteiger partial charge in [-0.25, -0.2) is 4.98 Å². The summed E-state index contributed by atoms with van der Waals surface area (Å²) in [6.07, 6.45) is 1.45. The smallest absolute Gasteiger partial charge is 0.303 e. The van der Waals surface area contributed by atoms with Crippen LogP contribution in [0.3, 0.4) is 0 Å². The Hall–Kier alpha value is -1.80. The Bertz CT molecular complexity index is 495. The summed E-state index contributed by atoms with van der Waals surface area (Å²) in [5, 5.41) is 20.4. The second-order valence-electron chi connectivity index (χ2n) is 3.47. The molecule has 0 spiro atoms. The van der Waals surface area contributed by atoms with Gasteiger partial charge in [-0.2, -0.15) is 5.10 Å². The molecule has 0 amide bonds. The van der Waals surface area contributed by atoms with E-state index in [1.54, 1.807) is 6.07 Å². The molecule has 0 bridgehead atoms. The lowest BCUT2D eigenvalue weighted by molar-refractivity contribution is -0.380. The van der Waals surface area contributed by atoms with Gasteiger partial charge < -0.3 is 5.32 Å². The average molecular weight is 253 g/mol. The number of hydrogen-bond donors (Lipinski definition) is 2. The van der Waals surface area contributed by atoms with E-state index in [2.05, 4.69) is 20.5 Å². The van der Waals surface area contributed by atoms with E-state index in [1.807, 2.05) is 6.92 Å². The number of nitrogens with zero attached hydrogens (tertiary/aromatic N) is 3. The summed E-state index contributed by atoms with van der Waals surface area (Å²) in [5.41, 5.74) is 0. The van der Waals surface area contributed by atoms with E-state index in [9.17, 15) is 10.1 Å². The molecule has 8 heteroatoms. The molecule has 0 aliphatic carbocycles. The Kier molecular flexibility index (Phi) is 3.45. The second-order valence-corrected chi connectivity index (χ2v) is 4.62. The van der Waals surface area contributed by atoms with Gasteiger partial charge in [0.15, 0.2) is 0 Å². The SMILES string of the molecule is CC(NCc1ccc([N+](=O)[O-])s1)c1ncn[nH]1. The van der Waals surface area contributed by atoms with Crippen molar-refractivity contribution in [1.29, 1.82) is 0 Å². The Balaban J connectivity index is 1.91. The number of nitro groups is 1. The maximum absolute atomic E-state index is 10.5. The average Bonchev–Trinajstić information content (AvgIpc) is 2.97. The maximum Gasteiger partial charge on any atom is 0.324 e. The second kappa shape index (κ2) is 5.02. The van der Waals surface area contributed by atoms with Crippen LogP contribution in [0.4, 0.5) is 5.00 Å². The van der Waals surface area contributed by atoms with Crippen molar-refractivity contribution >= 4 is 16.3 Å². The van der Waals surface area contributed by atoms with Crippen molar-refractivity contribution in [3.05, 3.63) is 39.3 Å². The molecule has 7 nitrogen and oxygen atoms in total. The Morgan fingerprint density at radius 2 is 2.47 bits per heavy atom. The molecule has 0 aliphatic heterocycles. The normalized spacial score (nSPS) is 12.5. The van der Waals surface area contributed by atoms with E-state index in [1.165, 1.54) is 23.7 Å². The van der Waals surface area contributed by atoms with Gasteiger partial charge in [-0.05, 0) is 13.0 Å². The fraction of sp³-hybridized carbons (Fsp3) is 0.333. The summed E-state index contributed by atoms with van der Waals surface area (Å²) < 4.78 is 0. The minimum Gasteiger partial charge on any atom is -0.303 e. The standard InChI is InChI=1S/C9H11N5O2S/c1-6(9-11-5-12-13-9)10-4-7-2-3-8(17-7)14(15)16/h2-3,5-6,10H,4H2,1H3,(H,11,12,13). The first kappa shape index (κ1) is 11.7. The van der Waals surface area contributed by atoms with E-state index in [0.717, 1.165) is 10.7 Å². The van der Waals surface area contributed by atoms with Gasteiger partial charge in [-0.3, -0.25) is 15.2 Å². The lowest BCUT2D eigenvalue weighted by Gasteiger charge is -2.08. The highest BCUT2D eigenvalue weighted by Gasteiger charge is 2.11. The van der Waals surface area contributed by atoms with Crippen LogP contribution in [0, 0.1) is 10.1 Å². The minimum atomic E-state index is -0.381. The van der Waals surface area contributed by atoms with Crippen LogP contribution in [-0.2, 0) is 6.54 Å². The van der Waals surface area contributed by atoms with Gasteiger partial charge in [0.05, 0.1) is 11.0 Å². The maximum atomic E-state index is 10.5. The molecule has 90 valence electrons. The lowest BCUT2D eigenvalue weighted by Crippen LogP contribution is -2.18. The zero-order valence-electron chi connectivity index (χ0n) is 9.08. The molecule has 1 unspecified atom stereocenters. The number of H-pyrrole nitrogens is 1. The van der Waals surface area contributed by atoms with Gasteiger partial charge >= 0.3 is 5.00 Å². The van der Waals surface area contributed by atoms with Crippen molar-refractivity contribution in [2.75, 3.05) is 0 Å². The molecular formula is C9H11N5O2S. The van der Waals surface area contributed by atoms with Crippen molar-refractivity contribution in [1.82, 2.24) is 20.5 Å². The predicted molar refractivity (Wildman–Crippen MR) is 62.6 cm³/mol. The largest absolute Gasteiger partial charge is 0.324 e. The Morgan fingerprint density at radius 1 is 1.65 bits per heavy atom. The van der Waals surface area contributed by atoms with E-state index in [0.29, 0.717) is 6.54 Å². The molecule has 2 rings (SSSR count).